The lowest BCUT2D eigenvalue weighted by atomic mass is 10.2. The standard InChI is InChI=1S/C15H19N3O2S/c19-21(20)10-4-7-15(21)12-16-11-13-8-9-18(17-13)14-5-2-1-3-6-14/h1-3,5-6,8-9,15-16H,4,7,10-12H2. The average Bonchev–Trinajstić information content (AvgIpc) is 3.07. The van der Waals surface area contributed by atoms with Crippen molar-refractivity contribution < 1.29 is 8.42 Å². The minimum Gasteiger partial charge on any atom is -0.310 e. The molecule has 1 fully saturated rings. The van der Waals surface area contributed by atoms with Crippen LogP contribution in [0.4, 0.5) is 0 Å². The highest BCUT2D eigenvalue weighted by Gasteiger charge is 2.30. The van der Waals surface area contributed by atoms with Crippen molar-refractivity contribution in [2.45, 2.75) is 24.6 Å². The molecule has 1 aromatic carbocycles. The predicted molar refractivity (Wildman–Crippen MR) is 82.1 cm³/mol. The minimum atomic E-state index is -2.87. The van der Waals surface area contributed by atoms with Crippen LogP contribution >= 0.6 is 0 Å². The molecule has 0 amide bonds. The van der Waals surface area contributed by atoms with E-state index < -0.39 is 9.84 Å². The Kier molecular flexibility index (Phi) is 4.07. The minimum absolute atomic E-state index is 0.228. The van der Waals surface area contributed by atoms with Gasteiger partial charge < -0.3 is 5.32 Å². The number of rotatable bonds is 5. The second-order valence-electron chi connectivity index (χ2n) is 5.35. The van der Waals surface area contributed by atoms with Crippen molar-refractivity contribution in [2.75, 3.05) is 12.3 Å². The van der Waals surface area contributed by atoms with Crippen molar-refractivity contribution in [2.24, 2.45) is 0 Å². The van der Waals surface area contributed by atoms with Crippen LogP contribution in [0.1, 0.15) is 18.5 Å². The first-order valence-electron chi connectivity index (χ1n) is 7.17. The summed E-state index contributed by atoms with van der Waals surface area (Å²) in [6.07, 6.45) is 3.48. The zero-order valence-electron chi connectivity index (χ0n) is 11.8. The average molecular weight is 305 g/mol. The van der Waals surface area contributed by atoms with E-state index in [-0.39, 0.29) is 5.25 Å². The molecule has 0 radical (unpaired) electrons. The molecule has 1 N–H and O–H groups in total. The first-order chi connectivity index (χ1) is 10.1. The van der Waals surface area contributed by atoms with Gasteiger partial charge in [0.25, 0.3) is 0 Å². The summed E-state index contributed by atoms with van der Waals surface area (Å²) in [6, 6.07) is 11.9. The van der Waals surface area contributed by atoms with E-state index in [0.29, 0.717) is 18.8 Å². The van der Waals surface area contributed by atoms with Gasteiger partial charge in [-0.15, -0.1) is 0 Å². The Balaban J connectivity index is 1.56. The van der Waals surface area contributed by atoms with Crippen molar-refractivity contribution in [1.82, 2.24) is 15.1 Å². The number of aromatic nitrogens is 2. The summed E-state index contributed by atoms with van der Waals surface area (Å²) in [5, 5.41) is 7.47. The fourth-order valence-corrected chi connectivity index (χ4v) is 4.43. The molecule has 2 heterocycles. The Morgan fingerprint density at radius 1 is 1.24 bits per heavy atom. The summed E-state index contributed by atoms with van der Waals surface area (Å²) in [7, 11) is -2.87. The Morgan fingerprint density at radius 3 is 2.76 bits per heavy atom. The molecular weight excluding hydrogens is 286 g/mol. The fraction of sp³-hybridized carbons (Fsp3) is 0.400. The van der Waals surface area contributed by atoms with E-state index >= 15 is 0 Å². The van der Waals surface area contributed by atoms with Crippen molar-refractivity contribution in [3.8, 4) is 5.69 Å². The van der Waals surface area contributed by atoms with Crippen LogP contribution in [-0.4, -0.2) is 35.7 Å². The maximum atomic E-state index is 11.7. The lowest BCUT2D eigenvalue weighted by Crippen LogP contribution is -2.30. The van der Waals surface area contributed by atoms with Crippen LogP contribution in [-0.2, 0) is 16.4 Å². The first-order valence-corrected chi connectivity index (χ1v) is 8.89. The van der Waals surface area contributed by atoms with E-state index in [4.69, 9.17) is 0 Å². The number of benzene rings is 1. The Bertz CT molecular complexity index is 695. The zero-order chi connectivity index (χ0) is 14.7. The Labute approximate surface area is 124 Å². The Hall–Kier alpha value is -1.66. The normalized spacial score (nSPS) is 20.7. The molecule has 0 saturated carbocycles. The predicted octanol–water partition coefficient (Wildman–Crippen LogP) is 1.54. The first kappa shape index (κ1) is 14.3. The van der Waals surface area contributed by atoms with Crippen molar-refractivity contribution in [1.29, 1.82) is 0 Å². The van der Waals surface area contributed by atoms with Crippen LogP contribution in [0.2, 0.25) is 0 Å². The molecule has 0 bridgehead atoms. The van der Waals surface area contributed by atoms with Crippen molar-refractivity contribution in [3.05, 3.63) is 48.3 Å². The molecule has 112 valence electrons. The second-order valence-corrected chi connectivity index (χ2v) is 7.75. The Morgan fingerprint density at radius 2 is 2.05 bits per heavy atom. The SMILES string of the molecule is O=S1(=O)CCCC1CNCc1ccn(-c2ccccc2)n1. The van der Waals surface area contributed by atoms with E-state index in [9.17, 15) is 8.42 Å². The molecule has 1 unspecified atom stereocenters. The van der Waals surface area contributed by atoms with Crippen LogP contribution < -0.4 is 5.32 Å². The van der Waals surface area contributed by atoms with Gasteiger partial charge >= 0.3 is 0 Å². The zero-order valence-corrected chi connectivity index (χ0v) is 12.6. The van der Waals surface area contributed by atoms with E-state index in [2.05, 4.69) is 10.4 Å². The van der Waals surface area contributed by atoms with E-state index in [1.807, 2.05) is 47.3 Å². The van der Waals surface area contributed by atoms with Gasteiger partial charge in [-0.3, -0.25) is 0 Å². The molecule has 1 aliphatic heterocycles. The molecule has 5 nitrogen and oxygen atoms in total. The quantitative estimate of drug-likeness (QED) is 0.910. The highest BCUT2D eigenvalue weighted by molar-refractivity contribution is 7.92. The van der Waals surface area contributed by atoms with Crippen molar-refractivity contribution >= 4 is 9.84 Å². The summed E-state index contributed by atoms with van der Waals surface area (Å²) < 4.78 is 25.3. The monoisotopic (exact) mass is 305 g/mol. The van der Waals surface area contributed by atoms with Gasteiger partial charge in [0.1, 0.15) is 0 Å². The highest BCUT2D eigenvalue weighted by Crippen LogP contribution is 2.19. The molecule has 3 rings (SSSR count). The molecule has 1 aromatic heterocycles. The lowest BCUT2D eigenvalue weighted by Gasteiger charge is -2.09. The summed E-state index contributed by atoms with van der Waals surface area (Å²) in [6.45, 7) is 1.10. The van der Waals surface area contributed by atoms with Crippen LogP contribution in [0.3, 0.4) is 0 Å². The van der Waals surface area contributed by atoms with Crippen molar-refractivity contribution in [3.63, 3.8) is 0 Å². The molecular formula is C15H19N3O2S. The van der Waals surface area contributed by atoms with Gasteiger partial charge in [0.15, 0.2) is 9.84 Å². The molecule has 1 atom stereocenters. The summed E-state index contributed by atoms with van der Waals surface area (Å²) in [5.41, 5.74) is 1.93. The van der Waals surface area contributed by atoms with Gasteiger partial charge in [-0.25, -0.2) is 13.1 Å². The number of nitrogens with zero attached hydrogens (tertiary/aromatic N) is 2. The number of hydrogen-bond acceptors (Lipinski definition) is 4. The maximum absolute atomic E-state index is 11.7. The van der Waals surface area contributed by atoms with Gasteiger partial charge in [0, 0.05) is 19.3 Å². The maximum Gasteiger partial charge on any atom is 0.154 e. The number of hydrogen-bond donors (Lipinski definition) is 1. The van der Waals surface area contributed by atoms with Gasteiger partial charge in [-0.1, -0.05) is 18.2 Å². The van der Waals surface area contributed by atoms with Crippen LogP contribution in [0.5, 0.6) is 0 Å². The molecule has 6 heteroatoms. The molecule has 2 aromatic rings. The second kappa shape index (κ2) is 5.99. The summed E-state index contributed by atoms with van der Waals surface area (Å²) in [5.74, 6) is 0.335. The largest absolute Gasteiger partial charge is 0.310 e. The fourth-order valence-electron chi connectivity index (χ4n) is 2.63. The topological polar surface area (TPSA) is 64.0 Å². The van der Waals surface area contributed by atoms with E-state index in [1.54, 1.807) is 0 Å². The number of para-hydroxylation sites is 1. The third-order valence-electron chi connectivity index (χ3n) is 3.81. The third kappa shape index (κ3) is 3.33. The number of sulfone groups is 1. The van der Waals surface area contributed by atoms with Crippen LogP contribution in [0.15, 0.2) is 42.6 Å². The molecule has 0 aliphatic carbocycles. The molecule has 1 saturated heterocycles. The molecule has 1 aliphatic rings. The smallest absolute Gasteiger partial charge is 0.154 e. The van der Waals surface area contributed by atoms with E-state index in [1.165, 1.54) is 0 Å². The van der Waals surface area contributed by atoms with Gasteiger partial charge in [-0.05, 0) is 31.0 Å². The number of nitrogens with one attached hydrogen (secondary N) is 1. The van der Waals surface area contributed by atoms with Gasteiger partial charge in [0.05, 0.1) is 22.4 Å². The summed E-state index contributed by atoms with van der Waals surface area (Å²) >= 11 is 0. The molecule has 0 spiro atoms. The summed E-state index contributed by atoms with van der Waals surface area (Å²) in [4.78, 5) is 0. The van der Waals surface area contributed by atoms with Gasteiger partial charge in [-0.2, -0.15) is 5.10 Å². The van der Waals surface area contributed by atoms with Gasteiger partial charge in [0.2, 0.25) is 0 Å². The van der Waals surface area contributed by atoms with Crippen LogP contribution in [0.25, 0.3) is 5.69 Å². The van der Waals surface area contributed by atoms with E-state index in [0.717, 1.165) is 24.2 Å². The third-order valence-corrected chi connectivity index (χ3v) is 6.08. The van der Waals surface area contributed by atoms with Crippen LogP contribution in [0, 0.1) is 0 Å². The highest BCUT2D eigenvalue weighted by atomic mass is 32.2. The lowest BCUT2D eigenvalue weighted by molar-refractivity contribution is 0.571. The molecule has 21 heavy (non-hydrogen) atoms.